The Bertz CT molecular complexity index is 627. The van der Waals surface area contributed by atoms with Crippen molar-refractivity contribution in [2.45, 2.75) is 19.3 Å². The molecule has 1 aromatic heterocycles. The van der Waals surface area contributed by atoms with E-state index < -0.39 is 0 Å². The first kappa shape index (κ1) is 14.5. The molecule has 1 saturated carbocycles. The molecule has 114 valence electrons. The van der Waals surface area contributed by atoms with E-state index in [1.54, 1.807) is 0 Å². The number of amides is 1. The Morgan fingerprint density at radius 2 is 1.95 bits per heavy atom. The molecular weight excluding hydrogens is 276 g/mol. The van der Waals surface area contributed by atoms with Gasteiger partial charge in [-0.25, -0.2) is 0 Å². The maximum atomic E-state index is 12.1. The minimum Gasteiger partial charge on any atom is -0.367 e. The largest absolute Gasteiger partial charge is 0.367 e. The third-order valence-electron chi connectivity index (χ3n) is 3.88. The third-order valence-corrected chi connectivity index (χ3v) is 3.88. The molecule has 3 rings (SSSR count). The molecule has 0 spiro atoms. The van der Waals surface area contributed by atoms with Gasteiger partial charge in [0, 0.05) is 19.0 Å². The predicted molar refractivity (Wildman–Crippen MR) is 85.6 cm³/mol. The van der Waals surface area contributed by atoms with Gasteiger partial charge in [0.05, 0.1) is 5.69 Å². The smallest absolute Gasteiger partial charge is 0.223 e. The lowest BCUT2D eigenvalue weighted by Gasteiger charge is -2.07. The number of carbonyl (C=O) groups excluding carboxylic acids is 1. The van der Waals surface area contributed by atoms with Gasteiger partial charge in [-0.2, -0.15) is 5.10 Å². The second kappa shape index (κ2) is 6.56. The molecule has 1 amide bonds. The Kier molecular flexibility index (Phi) is 4.32. The maximum Gasteiger partial charge on any atom is 0.223 e. The predicted octanol–water partition coefficient (Wildman–Crippen LogP) is 2.12. The molecule has 5 nitrogen and oxygen atoms in total. The lowest BCUT2D eigenvalue weighted by Crippen LogP contribution is -2.30. The summed E-state index contributed by atoms with van der Waals surface area (Å²) in [6.07, 6.45) is 0.951. The number of aryl methyl sites for hydroxylation is 1. The topological polar surface area (TPSA) is 66.9 Å². The molecule has 0 unspecified atom stereocenters. The van der Waals surface area contributed by atoms with Crippen LogP contribution in [0.3, 0.4) is 0 Å². The SMILES string of the molecule is Cc1ccc(NCCNC(=O)[C@H]2C[C@H]2c2ccccc2)nn1. The number of rotatable bonds is 6. The summed E-state index contributed by atoms with van der Waals surface area (Å²) in [4.78, 5) is 12.1. The fraction of sp³-hybridized carbons (Fsp3) is 0.353. The number of benzene rings is 1. The number of hydrogen-bond donors (Lipinski definition) is 2. The molecule has 1 aliphatic rings. The Hall–Kier alpha value is -2.43. The first-order valence-electron chi connectivity index (χ1n) is 7.61. The van der Waals surface area contributed by atoms with Gasteiger partial charge in [0.15, 0.2) is 0 Å². The van der Waals surface area contributed by atoms with E-state index in [0.717, 1.165) is 17.9 Å². The van der Waals surface area contributed by atoms with Crippen molar-refractivity contribution in [2.24, 2.45) is 5.92 Å². The first-order valence-corrected chi connectivity index (χ1v) is 7.61. The van der Waals surface area contributed by atoms with Crippen molar-refractivity contribution < 1.29 is 4.79 Å². The van der Waals surface area contributed by atoms with Crippen LogP contribution in [0.5, 0.6) is 0 Å². The van der Waals surface area contributed by atoms with Crippen LogP contribution in [-0.2, 0) is 4.79 Å². The standard InChI is InChI=1S/C17H20N4O/c1-12-7-8-16(21-20-12)18-9-10-19-17(22)15-11-14(15)13-5-3-2-4-6-13/h2-8,14-15H,9-11H2,1H3,(H,18,21)(H,19,22)/t14-,15-/m0/s1. The van der Waals surface area contributed by atoms with Crippen LogP contribution in [0.25, 0.3) is 0 Å². The molecule has 1 aromatic carbocycles. The highest BCUT2D eigenvalue weighted by Gasteiger charge is 2.43. The summed E-state index contributed by atoms with van der Waals surface area (Å²) in [5, 5.41) is 14.1. The number of anilines is 1. The fourth-order valence-corrected chi connectivity index (χ4v) is 2.55. The van der Waals surface area contributed by atoms with E-state index in [2.05, 4.69) is 33.0 Å². The highest BCUT2D eigenvalue weighted by Crippen LogP contribution is 2.47. The lowest BCUT2D eigenvalue weighted by atomic mass is 10.1. The number of carbonyl (C=O) groups is 1. The second-order valence-electron chi connectivity index (χ2n) is 5.64. The number of nitrogens with one attached hydrogen (secondary N) is 2. The van der Waals surface area contributed by atoms with Gasteiger partial charge in [-0.3, -0.25) is 4.79 Å². The summed E-state index contributed by atoms with van der Waals surface area (Å²) >= 11 is 0. The van der Waals surface area contributed by atoms with Gasteiger partial charge in [-0.1, -0.05) is 30.3 Å². The third kappa shape index (κ3) is 3.61. The molecule has 0 aliphatic heterocycles. The van der Waals surface area contributed by atoms with E-state index in [4.69, 9.17) is 0 Å². The Morgan fingerprint density at radius 3 is 2.68 bits per heavy atom. The zero-order valence-electron chi connectivity index (χ0n) is 12.6. The van der Waals surface area contributed by atoms with Gasteiger partial charge in [-0.15, -0.1) is 5.10 Å². The highest BCUT2D eigenvalue weighted by molar-refractivity contribution is 5.82. The Morgan fingerprint density at radius 1 is 1.14 bits per heavy atom. The molecule has 0 radical (unpaired) electrons. The van der Waals surface area contributed by atoms with Gasteiger partial charge < -0.3 is 10.6 Å². The van der Waals surface area contributed by atoms with Crippen LogP contribution in [0, 0.1) is 12.8 Å². The normalized spacial score (nSPS) is 19.5. The summed E-state index contributed by atoms with van der Waals surface area (Å²) in [6.45, 7) is 3.13. The first-order chi connectivity index (χ1) is 10.7. The van der Waals surface area contributed by atoms with Crippen LogP contribution >= 0.6 is 0 Å². The highest BCUT2D eigenvalue weighted by atomic mass is 16.2. The van der Waals surface area contributed by atoms with Crippen molar-refractivity contribution in [3.8, 4) is 0 Å². The van der Waals surface area contributed by atoms with Gasteiger partial charge in [-0.05, 0) is 37.0 Å². The van der Waals surface area contributed by atoms with Crippen LogP contribution < -0.4 is 10.6 Å². The molecule has 0 bridgehead atoms. The van der Waals surface area contributed by atoms with E-state index in [1.807, 2.05) is 37.3 Å². The van der Waals surface area contributed by atoms with Crippen LogP contribution in [0.1, 0.15) is 23.6 Å². The van der Waals surface area contributed by atoms with Crippen molar-refractivity contribution in [2.75, 3.05) is 18.4 Å². The van der Waals surface area contributed by atoms with Crippen molar-refractivity contribution in [1.29, 1.82) is 0 Å². The Labute approximate surface area is 130 Å². The van der Waals surface area contributed by atoms with E-state index in [0.29, 0.717) is 19.0 Å². The molecule has 2 aromatic rings. The van der Waals surface area contributed by atoms with Gasteiger partial charge >= 0.3 is 0 Å². The van der Waals surface area contributed by atoms with E-state index >= 15 is 0 Å². The lowest BCUT2D eigenvalue weighted by molar-refractivity contribution is -0.122. The van der Waals surface area contributed by atoms with Gasteiger partial charge in [0.1, 0.15) is 5.82 Å². The van der Waals surface area contributed by atoms with Crippen LogP contribution in [0.15, 0.2) is 42.5 Å². The summed E-state index contributed by atoms with van der Waals surface area (Å²) < 4.78 is 0. The number of hydrogen-bond acceptors (Lipinski definition) is 4. The average molecular weight is 296 g/mol. The fourth-order valence-electron chi connectivity index (χ4n) is 2.55. The average Bonchev–Trinajstić information content (AvgIpc) is 3.35. The number of aromatic nitrogens is 2. The zero-order valence-corrected chi connectivity index (χ0v) is 12.6. The summed E-state index contributed by atoms with van der Waals surface area (Å²) in [6, 6.07) is 14.0. The molecule has 1 heterocycles. The van der Waals surface area contributed by atoms with Crippen LogP contribution in [0.2, 0.25) is 0 Å². The summed E-state index contributed by atoms with van der Waals surface area (Å²) in [7, 11) is 0. The second-order valence-corrected chi connectivity index (χ2v) is 5.64. The van der Waals surface area contributed by atoms with Crippen molar-refractivity contribution in [1.82, 2.24) is 15.5 Å². The molecule has 22 heavy (non-hydrogen) atoms. The van der Waals surface area contributed by atoms with E-state index in [-0.39, 0.29) is 11.8 Å². The minimum absolute atomic E-state index is 0.126. The van der Waals surface area contributed by atoms with Crippen molar-refractivity contribution in [3.63, 3.8) is 0 Å². The molecule has 0 saturated heterocycles. The zero-order chi connectivity index (χ0) is 15.4. The van der Waals surface area contributed by atoms with Gasteiger partial charge in [0.2, 0.25) is 5.91 Å². The van der Waals surface area contributed by atoms with E-state index in [1.165, 1.54) is 5.56 Å². The molecule has 1 fully saturated rings. The molecule has 2 N–H and O–H groups in total. The number of nitrogens with zero attached hydrogens (tertiary/aromatic N) is 2. The van der Waals surface area contributed by atoms with Crippen LogP contribution in [0.4, 0.5) is 5.82 Å². The van der Waals surface area contributed by atoms with E-state index in [9.17, 15) is 4.79 Å². The molecule has 1 aliphatic carbocycles. The summed E-state index contributed by atoms with van der Waals surface area (Å²) in [5.74, 6) is 1.39. The summed E-state index contributed by atoms with van der Waals surface area (Å²) in [5.41, 5.74) is 2.15. The Balaban J connectivity index is 1.38. The molecule has 5 heteroatoms. The molecular formula is C17H20N4O. The van der Waals surface area contributed by atoms with Gasteiger partial charge in [0.25, 0.3) is 0 Å². The maximum absolute atomic E-state index is 12.1. The molecule has 2 atom stereocenters. The van der Waals surface area contributed by atoms with Crippen molar-refractivity contribution >= 4 is 11.7 Å². The van der Waals surface area contributed by atoms with Crippen molar-refractivity contribution in [3.05, 3.63) is 53.7 Å². The minimum atomic E-state index is 0.126. The quantitative estimate of drug-likeness (QED) is 0.801. The monoisotopic (exact) mass is 296 g/mol. The van der Waals surface area contributed by atoms with Crippen LogP contribution in [-0.4, -0.2) is 29.2 Å².